The normalized spacial score (nSPS) is 79.2. The fraction of sp³-hybridized carbons (Fsp3) is 1.00. The van der Waals surface area contributed by atoms with Crippen molar-refractivity contribution in [2.45, 2.75) is 21.4 Å². The van der Waals surface area contributed by atoms with Crippen LogP contribution in [0.2, 0.25) is 0 Å². The number of hydrogen-bond acceptors (Lipinski definition) is 0. The summed E-state index contributed by atoms with van der Waals surface area (Å²) in [5.74, 6) is 6.98. The molecule has 0 heterocycles. The Hall–Kier alpha value is 1.44. The van der Waals surface area contributed by atoms with Crippen LogP contribution in [0.1, 0.15) is 13.3 Å². The van der Waals surface area contributed by atoms with Crippen LogP contribution in [-0.2, 0) is 0 Å². The maximum atomic E-state index is 4.05. The van der Waals surface area contributed by atoms with Crippen LogP contribution in [-0.4, -0.2) is 8.06 Å². The monoisotopic (exact) mass is 394 g/mol. The molecule has 6 bridgehead atoms. The Labute approximate surface area is 115 Å². The van der Waals surface area contributed by atoms with Gasteiger partial charge in [-0.15, -0.1) is 0 Å². The summed E-state index contributed by atoms with van der Waals surface area (Å²) in [5, 5.41) is 0. The van der Waals surface area contributed by atoms with E-state index >= 15 is 0 Å². The number of rotatable bonds is 0. The van der Waals surface area contributed by atoms with Crippen LogP contribution >= 0.6 is 47.8 Å². The molecule has 0 unspecified atom stereocenters. The molecule has 0 aliphatic heterocycles. The average molecular weight is 397 g/mol. The summed E-state index contributed by atoms with van der Waals surface area (Å²) < 4.78 is 0.292. The Morgan fingerprint density at radius 1 is 1.07 bits per heavy atom. The molecule has 0 radical (unpaired) electrons. The van der Waals surface area contributed by atoms with Crippen LogP contribution in [0.5, 0.6) is 0 Å². The summed E-state index contributed by atoms with van der Waals surface area (Å²) in [7, 11) is 0. The van der Waals surface area contributed by atoms with Crippen molar-refractivity contribution in [3.63, 3.8) is 0 Å². The third-order valence-corrected chi connectivity index (χ3v) is 10.5. The summed E-state index contributed by atoms with van der Waals surface area (Å²) in [6.45, 7) is 2.56. The van der Waals surface area contributed by atoms with Gasteiger partial charge in [0.05, 0.1) is 3.23 Å². The van der Waals surface area contributed by atoms with E-state index in [1.807, 2.05) is 0 Å². The van der Waals surface area contributed by atoms with Gasteiger partial charge in [-0.2, -0.15) is 0 Å². The lowest BCUT2D eigenvalue weighted by atomic mass is 9.64. The van der Waals surface area contributed by atoms with Crippen LogP contribution < -0.4 is 0 Å². The molecule has 0 aromatic heterocycles. The Morgan fingerprint density at radius 2 is 1.73 bits per heavy atom. The lowest BCUT2D eigenvalue weighted by molar-refractivity contribution is 0.0700. The summed E-state index contributed by atoms with van der Waals surface area (Å²) in [5.41, 5.74) is 0.588. The van der Waals surface area contributed by atoms with Gasteiger partial charge < -0.3 is 0 Å². The van der Waals surface area contributed by atoms with Gasteiger partial charge >= 0.3 is 0 Å². The van der Waals surface area contributed by atoms with E-state index in [2.05, 4.69) is 54.7 Å². The second kappa shape index (κ2) is 2.18. The first kappa shape index (κ1) is 9.38. The van der Waals surface area contributed by atoms with E-state index in [4.69, 9.17) is 0 Å². The predicted octanol–water partition coefficient (Wildman–Crippen LogP) is 4.01. The summed E-state index contributed by atoms with van der Waals surface area (Å²) >= 11 is 12.2. The maximum absolute atomic E-state index is 4.05. The standard InChI is InChI=1S/C12H13Br3/c1-11-7-4-2-3-5(6(4)10(11)13)9(11)12(14,15)8(3)7/h3-10H,2H2,1H3/t3-,4+,5-,6+,7-,8-,9+,10-,11-/m0/s1. The third-order valence-electron chi connectivity index (χ3n) is 6.85. The van der Waals surface area contributed by atoms with E-state index in [0.717, 1.165) is 46.3 Å². The van der Waals surface area contributed by atoms with E-state index in [1.54, 1.807) is 0 Å². The highest BCUT2D eigenvalue weighted by Gasteiger charge is 2.90. The van der Waals surface area contributed by atoms with E-state index in [0.29, 0.717) is 8.65 Å². The van der Waals surface area contributed by atoms with E-state index in [9.17, 15) is 0 Å². The molecule has 6 aliphatic rings. The summed E-state index contributed by atoms with van der Waals surface area (Å²) in [6.07, 6.45) is 1.54. The van der Waals surface area contributed by atoms with Crippen molar-refractivity contribution in [2.75, 3.05) is 0 Å². The highest BCUT2D eigenvalue weighted by atomic mass is 79.9. The lowest BCUT2D eigenvalue weighted by Crippen LogP contribution is -2.37. The zero-order valence-corrected chi connectivity index (χ0v) is 13.2. The van der Waals surface area contributed by atoms with Crippen LogP contribution in [0.15, 0.2) is 0 Å². The molecule has 0 spiro atoms. The first-order valence-electron chi connectivity index (χ1n) is 6.02. The quantitative estimate of drug-likeness (QED) is 0.543. The molecule has 15 heavy (non-hydrogen) atoms. The average Bonchev–Trinajstić information content (AvgIpc) is 2.81. The van der Waals surface area contributed by atoms with E-state index in [1.165, 1.54) is 6.42 Å². The number of alkyl halides is 3. The van der Waals surface area contributed by atoms with Crippen molar-refractivity contribution in [1.82, 2.24) is 0 Å². The van der Waals surface area contributed by atoms with Gasteiger partial charge in [-0.05, 0) is 53.3 Å². The van der Waals surface area contributed by atoms with Gasteiger partial charge in [-0.25, -0.2) is 0 Å². The molecule has 0 saturated heterocycles. The van der Waals surface area contributed by atoms with Crippen LogP contribution in [0.3, 0.4) is 0 Å². The van der Waals surface area contributed by atoms with Crippen LogP contribution in [0.4, 0.5) is 0 Å². The van der Waals surface area contributed by atoms with E-state index in [-0.39, 0.29) is 0 Å². The molecule has 3 heteroatoms. The Morgan fingerprint density at radius 3 is 2.40 bits per heavy atom. The van der Waals surface area contributed by atoms with Gasteiger partial charge in [0.2, 0.25) is 0 Å². The minimum absolute atomic E-state index is 0.292. The second-order valence-corrected chi connectivity index (χ2v) is 11.4. The zero-order valence-electron chi connectivity index (χ0n) is 8.46. The molecule has 0 aromatic rings. The fourth-order valence-corrected chi connectivity index (χ4v) is 11.2. The van der Waals surface area contributed by atoms with Crippen molar-refractivity contribution in [1.29, 1.82) is 0 Å². The van der Waals surface area contributed by atoms with E-state index < -0.39 is 0 Å². The zero-order chi connectivity index (χ0) is 10.3. The summed E-state index contributed by atoms with van der Waals surface area (Å²) in [6, 6.07) is 0. The molecule has 6 saturated carbocycles. The molecule has 6 rings (SSSR count). The topological polar surface area (TPSA) is 0 Å². The van der Waals surface area contributed by atoms with Gasteiger partial charge in [-0.1, -0.05) is 54.7 Å². The SMILES string of the molecule is C[C@@]12[C@H]3[C@@H]4C[C@H]5[C@@H]([C@@H]4[C@@H]1Br)[C@H]2C(Br)(Br)[C@@H]53. The Bertz CT molecular complexity index is 390. The highest BCUT2D eigenvalue weighted by Crippen LogP contribution is 2.92. The minimum atomic E-state index is 0.292. The van der Waals surface area contributed by atoms with Gasteiger partial charge in [-0.3, -0.25) is 0 Å². The Balaban J connectivity index is 1.88. The molecule has 0 nitrogen and oxygen atoms in total. The van der Waals surface area contributed by atoms with Crippen molar-refractivity contribution in [3.8, 4) is 0 Å². The molecule has 6 fully saturated rings. The largest absolute Gasteiger partial charge is 0.0881 e. The smallest absolute Gasteiger partial charge is 0.0875 e. The molecule has 82 valence electrons. The Kier molecular flexibility index (Phi) is 1.36. The van der Waals surface area contributed by atoms with Crippen LogP contribution in [0.25, 0.3) is 0 Å². The van der Waals surface area contributed by atoms with Gasteiger partial charge in [0, 0.05) is 4.83 Å². The first-order valence-corrected chi connectivity index (χ1v) is 8.52. The maximum Gasteiger partial charge on any atom is 0.0875 e. The molecular formula is C12H13Br3. The van der Waals surface area contributed by atoms with Gasteiger partial charge in [0.15, 0.2) is 0 Å². The highest BCUT2D eigenvalue weighted by molar-refractivity contribution is 9.25. The molecule has 0 N–H and O–H groups in total. The molecule has 9 atom stereocenters. The third kappa shape index (κ3) is 0.613. The van der Waals surface area contributed by atoms with Crippen LogP contribution in [0, 0.1) is 46.8 Å². The van der Waals surface area contributed by atoms with Crippen molar-refractivity contribution in [3.05, 3.63) is 0 Å². The number of halogens is 3. The minimum Gasteiger partial charge on any atom is -0.0881 e. The van der Waals surface area contributed by atoms with Crippen molar-refractivity contribution in [2.24, 2.45) is 46.8 Å². The first-order chi connectivity index (χ1) is 7.00. The fourth-order valence-electron chi connectivity index (χ4n) is 7.03. The molecular weight excluding hydrogens is 384 g/mol. The number of hydrogen-bond donors (Lipinski definition) is 0. The van der Waals surface area contributed by atoms with Crippen molar-refractivity contribution < 1.29 is 0 Å². The molecule has 0 amide bonds. The molecule has 0 aromatic carbocycles. The van der Waals surface area contributed by atoms with Crippen molar-refractivity contribution >= 4 is 47.8 Å². The lowest BCUT2D eigenvalue weighted by Gasteiger charge is -2.40. The van der Waals surface area contributed by atoms with Gasteiger partial charge in [0.25, 0.3) is 0 Å². The summed E-state index contributed by atoms with van der Waals surface area (Å²) in [4.78, 5) is 0.807. The van der Waals surface area contributed by atoms with Gasteiger partial charge in [0.1, 0.15) is 0 Å². The molecule has 6 aliphatic carbocycles. The second-order valence-electron chi connectivity index (χ2n) is 6.69. The predicted molar refractivity (Wildman–Crippen MR) is 70.5 cm³/mol.